The van der Waals surface area contributed by atoms with Crippen molar-refractivity contribution >= 4 is 23.2 Å². The van der Waals surface area contributed by atoms with Gasteiger partial charge in [-0.3, -0.25) is 9.36 Å². The number of anilines is 1. The average Bonchev–Trinajstić information content (AvgIpc) is 2.72. The summed E-state index contributed by atoms with van der Waals surface area (Å²) in [6.07, 6.45) is -2.10. The number of nitrogens with two attached hydrogens (primary N) is 1. The maximum Gasteiger partial charge on any atom is 0.451 e. The number of fused-ring (bicyclic) bond motifs is 1. The van der Waals surface area contributed by atoms with Gasteiger partial charge >= 0.3 is 6.18 Å². The van der Waals surface area contributed by atoms with Crippen LogP contribution in [0.15, 0.2) is 11.0 Å². The molecule has 0 fully saturated rings. The molecule has 6 nitrogen and oxygen atoms in total. The predicted octanol–water partition coefficient (Wildman–Crippen LogP) is 1.37. The van der Waals surface area contributed by atoms with Crippen molar-refractivity contribution in [1.82, 2.24) is 19.2 Å². The second-order valence-electron chi connectivity index (χ2n) is 3.74. The molecule has 2 heterocycles. The Hall–Kier alpha value is -1.71. The Balaban J connectivity index is 2.79. The first-order valence-electron chi connectivity index (χ1n) is 5.13. The van der Waals surface area contributed by atoms with Crippen LogP contribution in [-0.4, -0.2) is 25.4 Å². The molecule has 1 atom stereocenters. The molecule has 0 radical (unpaired) electrons. The van der Waals surface area contributed by atoms with Crippen molar-refractivity contribution in [3.8, 4) is 0 Å². The lowest BCUT2D eigenvalue weighted by Gasteiger charge is -2.15. The third-order valence-corrected chi connectivity index (χ3v) is 3.48. The topological polar surface area (TPSA) is 78.2 Å². The van der Waals surface area contributed by atoms with Gasteiger partial charge in [-0.1, -0.05) is 0 Å². The zero-order valence-corrected chi connectivity index (χ0v) is 10.8. The van der Waals surface area contributed by atoms with Crippen LogP contribution in [0.3, 0.4) is 0 Å². The van der Waals surface area contributed by atoms with Gasteiger partial charge in [0.25, 0.3) is 5.56 Å². The van der Waals surface area contributed by atoms with Crippen LogP contribution >= 0.6 is 11.8 Å². The molecule has 104 valence electrons. The van der Waals surface area contributed by atoms with Crippen LogP contribution in [0.2, 0.25) is 0 Å². The van der Waals surface area contributed by atoms with Crippen molar-refractivity contribution in [1.29, 1.82) is 0 Å². The highest BCUT2D eigenvalue weighted by Gasteiger charge is 2.37. The van der Waals surface area contributed by atoms with Gasteiger partial charge in [0.1, 0.15) is 0 Å². The van der Waals surface area contributed by atoms with Gasteiger partial charge < -0.3 is 5.73 Å². The van der Waals surface area contributed by atoms with Gasteiger partial charge in [0, 0.05) is 0 Å². The molecular formula is C9H10F3N5OS. The molecule has 2 N–H and O–H groups in total. The average molecular weight is 293 g/mol. The zero-order chi connectivity index (χ0) is 14.4. The van der Waals surface area contributed by atoms with E-state index in [-0.39, 0.29) is 16.8 Å². The van der Waals surface area contributed by atoms with Crippen molar-refractivity contribution in [2.24, 2.45) is 0 Å². The quantitative estimate of drug-likeness (QED) is 0.905. The summed E-state index contributed by atoms with van der Waals surface area (Å²) in [6, 6.07) is 0. The molecule has 0 aliphatic heterocycles. The van der Waals surface area contributed by atoms with Crippen LogP contribution in [-0.2, 0) is 6.18 Å². The summed E-state index contributed by atoms with van der Waals surface area (Å²) >= 11 is 1.32. The standard InChI is InChI=1S/C9H10F3N5OS/c1-4(19-2)16-6(18)5-3-14-7(9(10,11)12)17(5)15-8(16)13/h3-4H,1-2H3,(H2,13,15). The lowest BCUT2D eigenvalue weighted by Crippen LogP contribution is -2.29. The third-order valence-electron chi connectivity index (χ3n) is 2.58. The molecule has 19 heavy (non-hydrogen) atoms. The fourth-order valence-corrected chi connectivity index (χ4v) is 2.04. The fourth-order valence-electron chi connectivity index (χ4n) is 1.62. The van der Waals surface area contributed by atoms with Gasteiger partial charge in [0.05, 0.1) is 11.6 Å². The Bertz CT molecular complexity index is 677. The SMILES string of the molecule is CSC(C)n1c(N)nn2c(C(F)(F)F)ncc2c1=O. The normalized spacial score (nSPS) is 13.9. The number of aromatic nitrogens is 4. The summed E-state index contributed by atoms with van der Waals surface area (Å²) in [5.41, 5.74) is 4.64. The number of hydrogen-bond acceptors (Lipinski definition) is 5. The van der Waals surface area contributed by atoms with Crippen molar-refractivity contribution in [3.05, 3.63) is 22.4 Å². The Kier molecular flexibility index (Phi) is 3.20. The van der Waals surface area contributed by atoms with Gasteiger partial charge in [-0.15, -0.1) is 16.9 Å². The summed E-state index contributed by atoms with van der Waals surface area (Å²) in [5, 5.41) is 3.25. The van der Waals surface area contributed by atoms with E-state index in [2.05, 4.69) is 10.1 Å². The molecule has 10 heteroatoms. The summed E-state index contributed by atoms with van der Waals surface area (Å²) in [4.78, 5) is 15.3. The minimum atomic E-state index is -4.70. The monoisotopic (exact) mass is 293 g/mol. The van der Waals surface area contributed by atoms with E-state index >= 15 is 0 Å². The maximum atomic E-state index is 12.7. The first-order valence-corrected chi connectivity index (χ1v) is 6.42. The molecule has 0 amide bonds. The van der Waals surface area contributed by atoms with Crippen LogP contribution in [0.1, 0.15) is 18.1 Å². The minimum Gasteiger partial charge on any atom is -0.368 e. The van der Waals surface area contributed by atoms with Crippen LogP contribution in [0.4, 0.5) is 19.1 Å². The number of rotatable bonds is 2. The number of imidazole rings is 1. The number of halogens is 3. The van der Waals surface area contributed by atoms with Crippen LogP contribution < -0.4 is 11.3 Å². The van der Waals surface area contributed by atoms with Gasteiger partial charge in [-0.2, -0.15) is 13.2 Å². The van der Waals surface area contributed by atoms with E-state index in [1.165, 1.54) is 11.8 Å². The Morgan fingerprint density at radius 3 is 2.63 bits per heavy atom. The molecule has 2 rings (SSSR count). The molecule has 0 aliphatic carbocycles. The van der Waals surface area contributed by atoms with Crippen LogP contribution in [0.5, 0.6) is 0 Å². The van der Waals surface area contributed by atoms with Gasteiger partial charge in [0.15, 0.2) is 5.52 Å². The first kappa shape index (κ1) is 13.7. The van der Waals surface area contributed by atoms with Crippen LogP contribution in [0.25, 0.3) is 5.52 Å². The Morgan fingerprint density at radius 1 is 1.47 bits per heavy atom. The van der Waals surface area contributed by atoms with E-state index in [1.54, 1.807) is 13.2 Å². The van der Waals surface area contributed by atoms with E-state index in [0.29, 0.717) is 4.52 Å². The molecule has 0 saturated heterocycles. The number of thioether (sulfide) groups is 1. The third kappa shape index (κ3) is 2.15. The van der Waals surface area contributed by atoms with Crippen LogP contribution in [0, 0.1) is 0 Å². The second kappa shape index (κ2) is 4.44. The lowest BCUT2D eigenvalue weighted by molar-refractivity contribution is -0.146. The number of nitrogens with zero attached hydrogens (tertiary/aromatic N) is 4. The highest BCUT2D eigenvalue weighted by Crippen LogP contribution is 2.28. The van der Waals surface area contributed by atoms with E-state index in [9.17, 15) is 18.0 Å². The maximum absolute atomic E-state index is 12.7. The van der Waals surface area contributed by atoms with Crippen molar-refractivity contribution in [3.63, 3.8) is 0 Å². The fraction of sp³-hybridized carbons (Fsp3) is 0.444. The van der Waals surface area contributed by atoms with Crippen molar-refractivity contribution in [2.45, 2.75) is 18.5 Å². The summed E-state index contributed by atoms with van der Waals surface area (Å²) < 4.78 is 39.5. The number of hydrogen-bond donors (Lipinski definition) is 1. The van der Waals surface area contributed by atoms with Crippen molar-refractivity contribution in [2.75, 3.05) is 12.0 Å². The van der Waals surface area contributed by atoms with Gasteiger partial charge in [-0.05, 0) is 13.2 Å². The molecule has 2 aromatic rings. The highest BCUT2D eigenvalue weighted by molar-refractivity contribution is 7.98. The van der Waals surface area contributed by atoms with E-state index in [0.717, 1.165) is 10.8 Å². The van der Waals surface area contributed by atoms with Gasteiger partial charge in [0.2, 0.25) is 11.8 Å². The molecule has 0 spiro atoms. The molecule has 2 aromatic heterocycles. The minimum absolute atomic E-state index is 0.262. The molecule has 0 aliphatic rings. The molecule has 0 aromatic carbocycles. The summed E-state index contributed by atoms with van der Waals surface area (Å²) in [7, 11) is 0. The predicted molar refractivity (Wildman–Crippen MR) is 64.9 cm³/mol. The first-order chi connectivity index (χ1) is 8.77. The molecule has 0 saturated carbocycles. The number of nitrogen functional groups attached to an aromatic ring is 1. The Labute approximate surface area is 109 Å². The molecular weight excluding hydrogens is 283 g/mol. The lowest BCUT2D eigenvalue weighted by atomic mass is 10.5. The van der Waals surface area contributed by atoms with E-state index < -0.39 is 17.6 Å². The summed E-state index contributed by atoms with van der Waals surface area (Å²) in [6.45, 7) is 1.70. The second-order valence-corrected chi connectivity index (χ2v) is 4.90. The highest BCUT2D eigenvalue weighted by atomic mass is 32.2. The zero-order valence-electron chi connectivity index (χ0n) is 9.97. The van der Waals surface area contributed by atoms with E-state index in [4.69, 9.17) is 5.73 Å². The number of alkyl halides is 3. The smallest absolute Gasteiger partial charge is 0.368 e. The Morgan fingerprint density at radius 2 is 2.11 bits per heavy atom. The van der Waals surface area contributed by atoms with E-state index in [1.807, 2.05) is 0 Å². The van der Waals surface area contributed by atoms with Crippen molar-refractivity contribution < 1.29 is 13.2 Å². The summed E-state index contributed by atoms with van der Waals surface area (Å²) in [5.74, 6) is -1.56. The van der Waals surface area contributed by atoms with Gasteiger partial charge in [-0.25, -0.2) is 9.50 Å². The largest absolute Gasteiger partial charge is 0.451 e. The molecule has 0 bridgehead atoms. The molecule has 1 unspecified atom stereocenters.